The maximum atomic E-state index is 5.59. The molecule has 2 atom stereocenters. The van der Waals surface area contributed by atoms with Crippen LogP contribution in [0.3, 0.4) is 0 Å². The van der Waals surface area contributed by atoms with E-state index in [1.54, 1.807) is 0 Å². The van der Waals surface area contributed by atoms with E-state index < -0.39 is 0 Å². The van der Waals surface area contributed by atoms with Gasteiger partial charge in [0, 0.05) is 12.1 Å². The van der Waals surface area contributed by atoms with Crippen molar-refractivity contribution in [1.29, 1.82) is 0 Å². The zero-order valence-corrected chi connectivity index (χ0v) is 10.4. The first kappa shape index (κ1) is 9.91. The molecule has 3 heterocycles. The van der Waals surface area contributed by atoms with E-state index in [1.807, 2.05) is 6.07 Å². The van der Waals surface area contributed by atoms with Crippen LogP contribution in [-0.2, 0) is 6.54 Å². The molecule has 15 heavy (non-hydrogen) atoms. The van der Waals surface area contributed by atoms with Crippen LogP contribution in [-0.4, -0.2) is 17.0 Å². The van der Waals surface area contributed by atoms with Gasteiger partial charge in [-0.3, -0.25) is 4.90 Å². The van der Waals surface area contributed by atoms with Gasteiger partial charge in [0.05, 0.1) is 6.54 Å². The highest BCUT2D eigenvalue weighted by atomic mass is 79.9. The summed E-state index contributed by atoms with van der Waals surface area (Å²) in [6.45, 7) is 1.00. The van der Waals surface area contributed by atoms with Gasteiger partial charge in [-0.2, -0.15) is 0 Å². The first-order valence-electron chi connectivity index (χ1n) is 5.83. The Morgan fingerprint density at radius 2 is 1.93 bits per heavy atom. The van der Waals surface area contributed by atoms with Crippen molar-refractivity contribution < 1.29 is 4.42 Å². The number of nitrogens with zero attached hydrogens (tertiary/aromatic N) is 1. The predicted molar refractivity (Wildman–Crippen MR) is 62.6 cm³/mol. The molecule has 2 fully saturated rings. The zero-order valence-electron chi connectivity index (χ0n) is 8.79. The van der Waals surface area contributed by atoms with Crippen LogP contribution in [0.5, 0.6) is 0 Å². The van der Waals surface area contributed by atoms with Crippen LogP contribution >= 0.6 is 15.9 Å². The van der Waals surface area contributed by atoms with Crippen molar-refractivity contribution >= 4 is 15.9 Å². The fourth-order valence-corrected chi connectivity index (χ4v) is 3.44. The molecule has 82 valence electrons. The third-order valence-electron chi connectivity index (χ3n) is 3.81. The molecule has 1 aromatic heterocycles. The first-order chi connectivity index (χ1) is 7.33. The molecule has 3 heteroatoms. The molecule has 2 unspecified atom stereocenters. The van der Waals surface area contributed by atoms with E-state index in [0.29, 0.717) is 0 Å². The second kappa shape index (κ2) is 3.95. The largest absolute Gasteiger partial charge is 0.453 e. The van der Waals surface area contributed by atoms with Gasteiger partial charge in [0.15, 0.2) is 4.67 Å². The Kier molecular flexibility index (Phi) is 2.61. The molecule has 0 aliphatic carbocycles. The topological polar surface area (TPSA) is 16.4 Å². The third kappa shape index (κ3) is 1.87. The molecule has 2 aliphatic rings. The lowest BCUT2D eigenvalue weighted by Gasteiger charge is -2.33. The molecule has 3 rings (SSSR count). The summed E-state index contributed by atoms with van der Waals surface area (Å²) in [6.07, 6.45) is 6.99. The van der Waals surface area contributed by atoms with E-state index in [0.717, 1.165) is 29.1 Å². The molecule has 0 aromatic carbocycles. The summed E-state index contributed by atoms with van der Waals surface area (Å²) in [6, 6.07) is 5.72. The van der Waals surface area contributed by atoms with Gasteiger partial charge in [-0.15, -0.1) is 0 Å². The maximum absolute atomic E-state index is 5.59. The van der Waals surface area contributed by atoms with Crippen molar-refractivity contribution in [3.05, 3.63) is 22.6 Å². The average Bonchev–Trinajstić information content (AvgIpc) is 2.71. The van der Waals surface area contributed by atoms with Crippen LogP contribution in [0.2, 0.25) is 0 Å². The summed E-state index contributed by atoms with van der Waals surface area (Å²) >= 11 is 3.36. The fraction of sp³-hybridized carbons (Fsp3) is 0.667. The number of fused-ring (bicyclic) bond motifs is 2. The van der Waals surface area contributed by atoms with E-state index in [2.05, 4.69) is 26.9 Å². The van der Waals surface area contributed by atoms with E-state index in [9.17, 15) is 0 Å². The minimum Gasteiger partial charge on any atom is -0.453 e. The van der Waals surface area contributed by atoms with E-state index in [-0.39, 0.29) is 0 Å². The number of furan rings is 1. The second-order valence-corrected chi connectivity index (χ2v) is 5.48. The van der Waals surface area contributed by atoms with Crippen LogP contribution < -0.4 is 0 Å². The second-order valence-electron chi connectivity index (χ2n) is 4.69. The number of halogens is 1. The lowest BCUT2D eigenvalue weighted by molar-refractivity contribution is 0.122. The smallest absolute Gasteiger partial charge is 0.169 e. The Labute approximate surface area is 98.8 Å². The summed E-state index contributed by atoms with van der Waals surface area (Å²) in [5.41, 5.74) is 0. The van der Waals surface area contributed by atoms with E-state index in [1.165, 1.54) is 32.1 Å². The first-order valence-corrected chi connectivity index (χ1v) is 6.62. The van der Waals surface area contributed by atoms with Crippen molar-refractivity contribution in [3.8, 4) is 0 Å². The van der Waals surface area contributed by atoms with Gasteiger partial charge < -0.3 is 4.42 Å². The molecule has 2 nitrogen and oxygen atoms in total. The Hall–Kier alpha value is -0.280. The predicted octanol–water partition coefficient (Wildman–Crippen LogP) is 3.56. The van der Waals surface area contributed by atoms with E-state index >= 15 is 0 Å². The fourth-order valence-electron chi connectivity index (χ4n) is 3.10. The third-order valence-corrected chi connectivity index (χ3v) is 4.24. The summed E-state index contributed by atoms with van der Waals surface area (Å²) in [4.78, 5) is 2.65. The Balaban J connectivity index is 1.73. The molecule has 0 N–H and O–H groups in total. The number of hydrogen-bond donors (Lipinski definition) is 0. The van der Waals surface area contributed by atoms with Gasteiger partial charge in [-0.05, 0) is 53.7 Å². The van der Waals surface area contributed by atoms with Crippen LogP contribution in [0.1, 0.15) is 37.9 Å². The molecule has 2 aliphatic heterocycles. The molecule has 0 saturated carbocycles. The van der Waals surface area contributed by atoms with Gasteiger partial charge in [0.2, 0.25) is 0 Å². The van der Waals surface area contributed by atoms with Gasteiger partial charge in [0.1, 0.15) is 5.76 Å². The molecule has 2 saturated heterocycles. The zero-order chi connectivity index (χ0) is 10.3. The molecule has 1 aromatic rings. The number of rotatable bonds is 2. The average molecular weight is 270 g/mol. The molecular formula is C12H16BrNO. The minimum absolute atomic E-state index is 0.827. The van der Waals surface area contributed by atoms with Gasteiger partial charge >= 0.3 is 0 Å². The highest BCUT2D eigenvalue weighted by Crippen LogP contribution is 2.36. The quantitative estimate of drug-likeness (QED) is 0.817. The number of hydrogen-bond acceptors (Lipinski definition) is 2. The Morgan fingerprint density at radius 3 is 2.53 bits per heavy atom. The standard InChI is InChI=1S/C12H16BrNO/c13-12-7-6-11(15-12)8-14-9-2-1-3-10(14)5-4-9/h6-7,9-10H,1-5,8H2. The lowest BCUT2D eigenvalue weighted by atomic mass is 10.0. The van der Waals surface area contributed by atoms with Crippen LogP contribution in [0, 0.1) is 0 Å². The lowest BCUT2D eigenvalue weighted by Crippen LogP contribution is -2.38. The van der Waals surface area contributed by atoms with Crippen LogP contribution in [0.4, 0.5) is 0 Å². The normalized spacial score (nSPS) is 31.0. The maximum Gasteiger partial charge on any atom is 0.169 e. The molecule has 0 spiro atoms. The van der Waals surface area contributed by atoms with Crippen molar-refractivity contribution in [2.75, 3.05) is 0 Å². The molecule has 0 radical (unpaired) electrons. The van der Waals surface area contributed by atoms with Crippen molar-refractivity contribution in [3.63, 3.8) is 0 Å². The summed E-state index contributed by atoms with van der Waals surface area (Å²) < 4.78 is 6.43. The summed E-state index contributed by atoms with van der Waals surface area (Å²) in [5.74, 6) is 1.10. The van der Waals surface area contributed by atoms with Gasteiger partial charge in [0.25, 0.3) is 0 Å². The Morgan fingerprint density at radius 1 is 1.20 bits per heavy atom. The van der Waals surface area contributed by atoms with Gasteiger partial charge in [-0.1, -0.05) is 6.42 Å². The molecule has 0 amide bonds. The monoisotopic (exact) mass is 269 g/mol. The molecule has 2 bridgehead atoms. The summed E-state index contributed by atoms with van der Waals surface area (Å²) in [5, 5.41) is 0. The van der Waals surface area contributed by atoms with Crippen LogP contribution in [0.15, 0.2) is 21.2 Å². The summed E-state index contributed by atoms with van der Waals surface area (Å²) in [7, 11) is 0. The highest BCUT2D eigenvalue weighted by Gasteiger charge is 2.36. The minimum atomic E-state index is 0.827. The van der Waals surface area contributed by atoms with Gasteiger partial charge in [-0.25, -0.2) is 0 Å². The number of piperidine rings is 1. The van der Waals surface area contributed by atoms with Crippen molar-refractivity contribution in [1.82, 2.24) is 4.90 Å². The highest BCUT2D eigenvalue weighted by molar-refractivity contribution is 9.10. The molecular weight excluding hydrogens is 254 g/mol. The van der Waals surface area contributed by atoms with E-state index in [4.69, 9.17) is 4.42 Å². The van der Waals surface area contributed by atoms with Crippen molar-refractivity contribution in [2.45, 2.75) is 50.7 Å². The SMILES string of the molecule is Brc1ccc(CN2C3CCCC2CC3)o1. The van der Waals surface area contributed by atoms with Crippen molar-refractivity contribution in [2.24, 2.45) is 0 Å². The Bertz CT molecular complexity index is 333. The van der Waals surface area contributed by atoms with Crippen LogP contribution in [0.25, 0.3) is 0 Å².